The molecule has 0 radical (unpaired) electrons. The Bertz CT molecular complexity index is 503. The van der Waals surface area contributed by atoms with Crippen molar-refractivity contribution < 1.29 is 8.42 Å². The van der Waals surface area contributed by atoms with Gasteiger partial charge in [0.2, 0.25) is 10.0 Å². The normalized spacial score (nSPS) is 14.2. The number of sulfonamides is 1. The van der Waals surface area contributed by atoms with Gasteiger partial charge in [-0.05, 0) is 25.3 Å². The molecule has 0 aliphatic heterocycles. The van der Waals surface area contributed by atoms with Crippen molar-refractivity contribution in [2.75, 3.05) is 7.05 Å². The minimum atomic E-state index is -3.58. The van der Waals surface area contributed by atoms with Gasteiger partial charge in [-0.1, -0.05) is 25.4 Å². The Morgan fingerprint density at radius 2 is 2.00 bits per heavy atom. The first-order chi connectivity index (χ1) is 8.26. The summed E-state index contributed by atoms with van der Waals surface area (Å²) >= 11 is 5.92. The third kappa shape index (κ3) is 3.43. The number of pyridine rings is 1. The van der Waals surface area contributed by atoms with Crippen LogP contribution in [-0.2, 0) is 10.0 Å². The maximum Gasteiger partial charge on any atom is 0.246 e. The van der Waals surface area contributed by atoms with Gasteiger partial charge in [0.15, 0.2) is 0 Å². The Labute approximate surface area is 114 Å². The minimum Gasteiger partial charge on any atom is -0.263 e. The minimum absolute atomic E-state index is 0.0600. The van der Waals surface area contributed by atoms with Crippen LogP contribution in [0.5, 0.6) is 0 Å². The smallest absolute Gasteiger partial charge is 0.246 e. The number of aromatic nitrogens is 1. The van der Waals surface area contributed by atoms with Crippen molar-refractivity contribution in [3.63, 3.8) is 0 Å². The molecule has 0 saturated carbocycles. The van der Waals surface area contributed by atoms with Gasteiger partial charge in [0.25, 0.3) is 0 Å². The van der Waals surface area contributed by atoms with Gasteiger partial charge in [0, 0.05) is 25.5 Å². The monoisotopic (exact) mass is 290 g/mol. The summed E-state index contributed by atoms with van der Waals surface area (Å²) in [5.41, 5.74) is 0. The van der Waals surface area contributed by atoms with Crippen molar-refractivity contribution in [1.29, 1.82) is 0 Å². The van der Waals surface area contributed by atoms with E-state index < -0.39 is 10.0 Å². The Kier molecular flexibility index (Phi) is 5.13. The molecule has 1 rings (SSSR count). The zero-order valence-corrected chi connectivity index (χ0v) is 12.7. The van der Waals surface area contributed by atoms with Crippen LogP contribution in [0.3, 0.4) is 0 Å². The Morgan fingerprint density at radius 1 is 1.39 bits per heavy atom. The summed E-state index contributed by atoms with van der Waals surface area (Å²) in [7, 11) is -2.00. The number of rotatable bonds is 5. The lowest BCUT2D eigenvalue weighted by atomic mass is 10.1. The lowest BCUT2D eigenvalue weighted by molar-refractivity contribution is 0.338. The molecule has 0 saturated heterocycles. The molecule has 0 spiro atoms. The SMILES string of the molecule is CC(C)CC(C)N(C)S(=O)(=O)c1cnccc1Cl. The molecule has 1 unspecified atom stereocenters. The Morgan fingerprint density at radius 3 is 2.50 bits per heavy atom. The molecule has 0 aliphatic carbocycles. The van der Waals surface area contributed by atoms with E-state index in [0.29, 0.717) is 5.92 Å². The predicted molar refractivity (Wildman–Crippen MR) is 73.1 cm³/mol. The summed E-state index contributed by atoms with van der Waals surface area (Å²) in [6, 6.07) is 1.40. The van der Waals surface area contributed by atoms with E-state index in [1.54, 1.807) is 7.05 Å². The summed E-state index contributed by atoms with van der Waals surface area (Å²) in [6.45, 7) is 6.02. The van der Waals surface area contributed by atoms with Crippen LogP contribution in [0.15, 0.2) is 23.4 Å². The quantitative estimate of drug-likeness (QED) is 0.838. The zero-order chi connectivity index (χ0) is 13.9. The van der Waals surface area contributed by atoms with Crippen LogP contribution in [0, 0.1) is 5.92 Å². The standard InChI is InChI=1S/C12H19ClN2O2S/c1-9(2)7-10(3)15(4)18(16,17)12-8-14-6-5-11(12)13/h5-6,8-10H,7H2,1-4H3. The third-order valence-electron chi connectivity index (χ3n) is 2.82. The predicted octanol–water partition coefficient (Wildman–Crippen LogP) is 2.79. The Hall–Kier alpha value is -0.650. The van der Waals surface area contributed by atoms with Crippen molar-refractivity contribution in [3.05, 3.63) is 23.5 Å². The van der Waals surface area contributed by atoms with Gasteiger partial charge in [-0.15, -0.1) is 0 Å². The molecule has 0 fully saturated rings. The van der Waals surface area contributed by atoms with Crippen molar-refractivity contribution in [1.82, 2.24) is 9.29 Å². The van der Waals surface area contributed by atoms with Crippen molar-refractivity contribution in [2.24, 2.45) is 5.92 Å². The fraction of sp³-hybridized carbons (Fsp3) is 0.583. The van der Waals surface area contributed by atoms with Crippen molar-refractivity contribution in [3.8, 4) is 0 Å². The van der Waals surface area contributed by atoms with Crippen LogP contribution in [0.1, 0.15) is 27.2 Å². The van der Waals surface area contributed by atoms with E-state index >= 15 is 0 Å². The molecule has 102 valence electrons. The van der Waals surface area contributed by atoms with E-state index in [1.165, 1.54) is 22.8 Å². The average Bonchev–Trinajstić information content (AvgIpc) is 2.27. The topological polar surface area (TPSA) is 50.3 Å². The number of nitrogens with zero attached hydrogens (tertiary/aromatic N) is 2. The lowest BCUT2D eigenvalue weighted by Crippen LogP contribution is -2.36. The maximum absolute atomic E-state index is 12.4. The average molecular weight is 291 g/mol. The molecule has 18 heavy (non-hydrogen) atoms. The van der Waals surface area contributed by atoms with Gasteiger partial charge >= 0.3 is 0 Å². The van der Waals surface area contributed by atoms with E-state index in [4.69, 9.17) is 11.6 Å². The molecular weight excluding hydrogens is 272 g/mol. The highest BCUT2D eigenvalue weighted by molar-refractivity contribution is 7.89. The molecule has 1 heterocycles. The van der Waals surface area contributed by atoms with Crippen LogP contribution in [0.2, 0.25) is 5.02 Å². The van der Waals surface area contributed by atoms with Gasteiger partial charge < -0.3 is 0 Å². The summed E-state index contributed by atoms with van der Waals surface area (Å²) in [5.74, 6) is 0.432. The Balaban J connectivity index is 3.04. The van der Waals surface area contributed by atoms with E-state index in [2.05, 4.69) is 18.8 Å². The molecular formula is C12H19ClN2O2S. The van der Waals surface area contributed by atoms with Crippen molar-refractivity contribution in [2.45, 2.75) is 38.1 Å². The van der Waals surface area contributed by atoms with Crippen LogP contribution < -0.4 is 0 Å². The van der Waals surface area contributed by atoms with Gasteiger partial charge in [-0.3, -0.25) is 4.98 Å². The molecule has 0 aromatic carbocycles. The molecule has 0 N–H and O–H groups in total. The van der Waals surface area contributed by atoms with Crippen LogP contribution in [-0.4, -0.2) is 30.8 Å². The van der Waals surface area contributed by atoms with E-state index in [-0.39, 0.29) is 16.0 Å². The van der Waals surface area contributed by atoms with Crippen LogP contribution >= 0.6 is 11.6 Å². The van der Waals surface area contributed by atoms with Crippen molar-refractivity contribution >= 4 is 21.6 Å². The first-order valence-corrected chi connectivity index (χ1v) is 7.66. The molecule has 0 amide bonds. The summed E-state index contributed by atoms with van der Waals surface area (Å²) < 4.78 is 26.1. The number of hydrogen-bond donors (Lipinski definition) is 0. The van der Waals surface area contributed by atoms with Gasteiger partial charge in [0.1, 0.15) is 4.90 Å². The van der Waals surface area contributed by atoms with Gasteiger partial charge in [-0.25, -0.2) is 8.42 Å². The molecule has 1 aromatic rings. The highest BCUT2D eigenvalue weighted by atomic mass is 35.5. The molecule has 4 nitrogen and oxygen atoms in total. The van der Waals surface area contributed by atoms with E-state index in [9.17, 15) is 8.42 Å². The molecule has 1 atom stereocenters. The fourth-order valence-corrected chi connectivity index (χ4v) is 3.55. The molecule has 6 heteroatoms. The largest absolute Gasteiger partial charge is 0.263 e. The summed E-state index contributed by atoms with van der Waals surface area (Å²) in [5, 5.41) is 0.202. The highest BCUT2D eigenvalue weighted by Crippen LogP contribution is 2.25. The zero-order valence-electron chi connectivity index (χ0n) is 11.1. The van der Waals surface area contributed by atoms with Crippen LogP contribution in [0.4, 0.5) is 0 Å². The fourth-order valence-electron chi connectivity index (χ4n) is 1.78. The highest BCUT2D eigenvalue weighted by Gasteiger charge is 2.27. The summed E-state index contributed by atoms with van der Waals surface area (Å²) in [4.78, 5) is 3.88. The van der Waals surface area contributed by atoms with Gasteiger partial charge in [0.05, 0.1) is 5.02 Å². The van der Waals surface area contributed by atoms with Crippen LogP contribution in [0.25, 0.3) is 0 Å². The first-order valence-electron chi connectivity index (χ1n) is 5.84. The molecule has 1 aromatic heterocycles. The first kappa shape index (κ1) is 15.4. The molecule has 0 bridgehead atoms. The van der Waals surface area contributed by atoms with Gasteiger partial charge in [-0.2, -0.15) is 4.31 Å². The van der Waals surface area contributed by atoms with E-state index in [0.717, 1.165) is 6.42 Å². The third-order valence-corrected chi connectivity index (χ3v) is 5.27. The number of hydrogen-bond acceptors (Lipinski definition) is 3. The molecule has 0 aliphatic rings. The summed E-state index contributed by atoms with van der Waals surface area (Å²) in [6.07, 6.45) is 3.56. The second-order valence-corrected chi connectivity index (χ2v) is 7.18. The second kappa shape index (κ2) is 5.99. The second-order valence-electron chi connectivity index (χ2n) is 4.81. The number of halogens is 1. The lowest BCUT2D eigenvalue weighted by Gasteiger charge is -2.25. The van der Waals surface area contributed by atoms with E-state index in [1.807, 2.05) is 6.92 Å². The maximum atomic E-state index is 12.4.